The molecule has 0 heterocycles. The van der Waals surface area contributed by atoms with E-state index in [0.717, 1.165) is 77.0 Å². The molecule has 0 amide bonds. The molecule has 6 nitrogen and oxygen atoms in total. The van der Waals surface area contributed by atoms with Gasteiger partial charge in [-0.3, -0.25) is 14.4 Å². The normalized spacial score (nSPS) is 12.5. The van der Waals surface area contributed by atoms with Gasteiger partial charge in [0, 0.05) is 19.3 Å². The second kappa shape index (κ2) is 48.8. The molecule has 6 heteroatoms. The van der Waals surface area contributed by atoms with Crippen LogP contribution in [0.2, 0.25) is 0 Å². The number of hydrogen-bond donors (Lipinski definition) is 0. The third-order valence-electron chi connectivity index (χ3n) is 10.7. The predicted molar refractivity (Wildman–Crippen MR) is 256 cm³/mol. The second-order valence-corrected chi connectivity index (χ2v) is 16.7. The van der Waals surface area contributed by atoms with Crippen molar-refractivity contribution >= 4 is 17.9 Å². The lowest BCUT2D eigenvalue weighted by atomic mass is 10.1. The van der Waals surface area contributed by atoms with Crippen molar-refractivity contribution in [3.63, 3.8) is 0 Å². The van der Waals surface area contributed by atoms with Gasteiger partial charge in [0.05, 0.1) is 0 Å². The lowest BCUT2D eigenvalue weighted by Crippen LogP contribution is -2.30. The summed E-state index contributed by atoms with van der Waals surface area (Å²) in [6.07, 6.45) is 59.2. The Labute approximate surface area is 370 Å². The maximum atomic E-state index is 12.8. The smallest absolute Gasteiger partial charge is 0.306 e. The van der Waals surface area contributed by atoms with Crippen LogP contribution in [0.4, 0.5) is 0 Å². The Hall–Kier alpha value is -2.89. The lowest BCUT2D eigenvalue weighted by molar-refractivity contribution is -0.167. The predicted octanol–water partition coefficient (Wildman–Crippen LogP) is 16.5. The summed E-state index contributed by atoms with van der Waals surface area (Å²) in [5.74, 6) is -0.951. The van der Waals surface area contributed by atoms with Crippen LogP contribution < -0.4 is 0 Å². The van der Waals surface area contributed by atoms with Gasteiger partial charge in [-0.25, -0.2) is 0 Å². The van der Waals surface area contributed by atoms with Gasteiger partial charge < -0.3 is 14.2 Å². The third kappa shape index (κ3) is 46.2. The summed E-state index contributed by atoms with van der Waals surface area (Å²) in [5, 5.41) is 0. The first-order valence-electron chi connectivity index (χ1n) is 25.3. The third-order valence-corrected chi connectivity index (χ3v) is 10.7. The van der Waals surface area contributed by atoms with Crippen LogP contribution in [0.3, 0.4) is 0 Å². The van der Waals surface area contributed by atoms with E-state index in [1.54, 1.807) is 0 Å². The summed E-state index contributed by atoms with van der Waals surface area (Å²) in [7, 11) is 0. The fraction of sp³-hybridized carbons (Fsp3) is 0.759. The van der Waals surface area contributed by atoms with Crippen molar-refractivity contribution in [3.05, 3.63) is 60.8 Å². The van der Waals surface area contributed by atoms with Gasteiger partial charge in [-0.05, 0) is 103 Å². The first-order valence-corrected chi connectivity index (χ1v) is 25.3. The van der Waals surface area contributed by atoms with Gasteiger partial charge in [-0.15, -0.1) is 0 Å². The molecule has 0 aromatic heterocycles. The van der Waals surface area contributed by atoms with E-state index < -0.39 is 6.10 Å². The second-order valence-electron chi connectivity index (χ2n) is 16.7. The summed E-state index contributed by atoms with van der Waals surface area (Å²) in [6.45, 7) is 6.52. The van der Waals surface area contributed by atoms with Gasteiger partial charge >= 0.3 is 17.9 Å². The SMILES string of the molecule is CCCC/C=C\CCCCCCCC(=O)OC[C@H](COC(=O)CCCCCCC/C=C\CCCCCCCCC)OC(=O)CCCC/C=C\C/C=C\C/C=C\CCCCC. The summed E-state index contributed by atoms with van der Waals surface area (Å²) in [5.41, 5.74) is 0. The number of ether oxygens (including phenoxy) is 3. The standard InChI is InChI=1S/C54H94O6/c1-4-7-10-13-16-19-22-24-26-28-29-32-35-38-41-44-47-53(56)59-50-51(49-58-52(55)46-43-40-37-34-31-21-18-15-12-9-6-3)60-54(57)48-45-42-39-36-33-30-27-25-23-20-17-14-11-8-5-2/h15,17-18,20,25-28,33,36,51H,4-14,16,19,21-24,29-32,34-35,37-50H2,1-3H3/b18-15-,20-17-,27-25-,28-26-,36-33-/t51-/m1/s1. The molecular weight excluding hydrogens is 745 g/mol. The number of esters is 3. The summed E-state index contributed by atoms with van der Waals surface area (Å²) < 4.78 is 16.7. The molecule has 0 aliphatic heterocycles. The zero-order valence-electron chi connectivity index (χ0n) is 39.5. The van der Waals surface area contributed by atoms with Gasteiger partial charge in [-0.2, -0.15) is 0 Å². The zero-order valence-corrected chi connectivity index (χ0v) is 39.5. The van der Waals surface area contributed by atoms with Crippen LogP contribution >= 0.6 is 0 Å². The summed E-state index contributed by atoms with van der Waals surface area (Å²) >= 11 is 0. The van der Waals surface area contributed by atoms with Crippen LogP contribution in [-0.2, 0) is 28.6 Å². The Morgan fingerprint density at radius 3 is 1.07 bits per heavy atom. The molecule has 0 aliphatic rings. The van der Waals surface area contributed by atoms with Gasteiger partial charge in [0.15, 0.2) is 6.10 Å². The number of carbonyl (C=O) groups excluding carboxylic acids is 3. The van der Waals surface area contributed by atoms with Crippen molar-refractivity contribution in [2.24, 2.45) is 0 Å². The molecule has 0 fully saturated rings. The van der Waals surface area contributed by atoms with Crippen LogP contribution in [0.5, 0.6) is 0 Å². The first-order chi connectivity index (χ1) is 29.5. The molecule has 0 aliphatic carbocycles. The van der Waals surface area contributed by atoms with Crippen molar-refractivity contribution in [1.29, 1.82) is 0 Å². The van der Waals surface area contributed by atoms with Crippen LogP contribution in [-0.4, -0.2) is 37.2 Å². The Morgan fingerprint density at radius 1 is 0.333 bits per heavy atom. The summed E-state index contributed by atoms with van der Waals surface area (Å²) in [4.78, 5) is 37.9. The van der Waals surface area contributed by atoms with E-state index in [9.17, 15) is 14.4 Å². The van der Waals surface area contributed by atoms with E-state index in [4.69, 9.17) is 14.2 Å². The molecule has 0 rings (SSSR count). The van der Waals surface area contributed by atoms with E-state index in [-0.39, 0.29) is 37.5 Å². The van der Waals surface area contributed by atoms with Gasteiger partial charge in [0.1, 0.15) is 13.2 Å². The molecule has 0 unspecified atom stereocenters. The average Bonchev–Trinajstić information content (AvgIpc) is 3.24. The highest BCUT2D eigenvalue weighted by Crippen LogP contribution is 2.13. The molecular formula is C54H94O6. The number of carbonyl (C=O) groups is 3. The van der Waals surface area contributed by atoms with Crippen molar-refractivity contribution < 1.29 is 28.6 Å². The molecule has 1 atom stereocenters. The van der Waals surface area contributed by atoms with Crippen LogP contribution in [0.15, 0.2) is 60.8 Å². The van der Waals surface area contributed by atoms with Crippen molar-refractivity contribution in [1.82, 2.24) is 0 Å². The minimum atomic E-state index is -0.799. The molecule has 0 aromatic rings. The minimum Gasteiger partial charge on any atom is -0.462 e. The Balaban J connectivity index is 4.44. The van der Waals surface area contributed by atoms with Crippen LogP contribution in [0.25, 0.3) is 0 Å². The van der Waals surface area contributed by atoms with E-state index >= 15 is 0 Å². The molecule has 0 saturated carbocycles. The molecule has 0 N–H and O–H groups in total. The van der Waals surface area contributed by atoms with Gasteiger partial charge in [-0.1, -0.05) is 184 Å². The number of allylic oxidation sites excluding steroid dienone is 10. The Bertz CT molecular complexity index is 1100. The molecule has 0 spiro atoms. The highest BCUT2D eigenvalue weighted by Gasteiger charge is 2.19. The molecule has 0 saturated heterocycles. The van der Waals surface area contributed by atoms with E-state index in [1.807, 2.05) is 0 Å². The molecule has 60 heavy (non-hydrogen) atoms. The van der Waals surface area contributed by atoms with Gasteiger partial charge in [0.2, 0.25) is 0 Å². The zero-order chi connectivity index (χ0) is 43.7. The summed E-state index contributed by atoms with van der Waals surface area (Å²) in [6, 6.07) is 0. The highest BCUT2D eigenvalue weighted by molar-refractivity contribution is 5.71. The number of hydrogen-bond acceptors (Lipinski definition) is 6. The molecule has 0 radical (unpaired) electrons. The number of rotatable bonds is 45. The van der Waals surface area contributed by atoms with Crippen molar-refractivity contribution in [2.75, 3.05) is 13.2 Å². The van der Waals surface area contributed by atoms with E-state index in [1.165, 1.54) is 122 Å². The lowest BCUT2D eigenvalue weighted by Gasteiger charge is -2.18. The van der Waals surface area contributed by atoms with Crippen molar-refractivity contribution in [3.8, 4) is 0 Å². The van der Waals surface area contributed by atoms with Gasteiger partial charge in [0.25, 0.3) is 0 Å². The van der Waals surface area contributed by atoms with Crippen LogP contribution in [0, 0.1) is 0 Å². The van der Waals surface area contributed by atoms with Crippen LogP contribution in [0.1, 0.15) is 245 Å². The topological polar surface area (TPSA) is 78.9 Å². The van der Waals surface area contributed by atoms with Crippen molar-refractivity contribution in [2.45, 2.75) is 252 Å². The molecule has 0 bridgehead atoms. The Kier molecular flexibility index (Phi) is 46.4. The fourth-order valence-corrected chi connectivity index (χ4v) is 6.83. The fourth-order valence-electron chi connectivity index (χ4n) is 6.83. The first kappa shape index (κ1) is 57.1. The minimum absolute atomic E-state index is 0.0964. The average molecular weight is 839 g/mol. The molecule has 0 aromatic carbocycles. The highest BCUT2D eigenvalue weighted by atomic mass is 16.6. The number of unbranched alkanes of at least 4 members (excludes halogenated alkanes) is 24. The molecule has 346 valence electrons. The monoisotopic (exact) mass is 839 g/mol. The Morgan fingerprint density at radius 2 is 0.617 bits per heavy atom. The van der Waals surface area contributed by atoms with E-state index in [2.05, 4.69) is 81.5 Å². The maximum Gasteiger partial charge on any atom is 0.306 e. The van der Waals surface area contributed by atoms with E-state index in [0.29, 0.717) is 19.3 Å². The quantitative estimate of drug-likeness (QED) is 0.0263. The maximum absolute atomic E-state index is 12.8. The largest absolute Gasteiger partial charge is 0.462 e.